The van der Waals surface area contributed by atoms with Gasteiger partial charge in [0.05, 0.1) is 34.5 Å². The maximum Gasteiger partial charge on any atom is 0.203 e. The minimum atomic E-state index is -0.379. The fourth-order valence-corrected chi connectivity index (χ4v) is 2.85. The second kappa shape index (κ2) is 11.7. The van der Waals surface area contributed by atoms with Crippen LogP contribution in [-0.4, -0.2) is 40.4 Å². The molecule has 0 fully saturated rings. The fourth-order valence-electron chi connectivity index (χ4n) is 2.85. The van der Waals surface area contributed by atoms with Gasteiger partial charge in [-0.25, -0.2) is 9.38 Å². The van der Waals surface area contributed by atoms with Gasteiger partial charge >= 0.3 is 0 Å². The molecule has 0 amide bonds. The van der Waals surface area contributed by atoms with E-state index < -0.39 is 0 Å². The molecular weight excluding hydrogens is 389 g/mol. The summed E-state index contributed by atoms with van der Waals surface area (Å²) in [7, 11) is 4.72. The number of methoxy groups -OCH3 is 3. The third-order valence-corrected chi connectivity index (χ3v) is 4.24. The standard InChI is InChI=1S/C22H30FN3O4/c1-6-24-22(25-13-15-8-9-18(30-7-2)17(23)10-15)26-14-16-11-19(27-3)21(29-5)20(12-16)28-4/h8-12H,6-7,13-14H2,1-5H3,(H2,24,25,26). The van der Waals surface area contributed by atoms with Crippen molar-refractivity contribution in [2.75, 3.05) is 34.5 Å². The van der Waals surface area contributed by atoms with Crippen LogP contribution >= 0.6 is 0 Å². The van der Waals surface area contributed by atoms with Gasteiger partial charge in [-0.15, -0.1) is 0 Å². The molecule has 0 spiro atoms. The number of nitrogens with zero attached hydrogens (tertiary/aromatic N) is 1. The van der Waals surface area contributed by atoms with Crippen LogP contribution in [0.25, 0.3) is 0 Å². The van der Waals surface area contributed by atoms with Gasteiger partial charge in [-0.05, 0) is 49.2 Å². The first-order valence-corrected chi connectivity index (χ1v) is 9.78. The molecule has 8 heteroatoms. The Labute approximate surface area is 177 Å². The Morgan fingerprint density at radius 2 is 1.60 bits per heavy atom. The van der Waals surface area contributed by atoms with E-state index in [2.05, 4.69) is 15.6 Å². The normalized spacial score (nSPS) is 11.1. The average molecular weight is 419 g/mol. The molecule has 0 aliphatic heterocycles. The maximum atomic E-state index is 14.1. The molecule has 0 radical (unpaired) electrons. The molecule has 0 atom stereocenters. The molecule has 0 unspecified atom stereocenters. The van der Waals surface area contributed by atoms with E-state index in [1.165, 1.54) is 6.07 Å². The summed E-state index contributed by atoms with van der Waals surface area (Å²) < 4.78 is 35.4. The van der Waals surface area contributed by atoms with Crippen molar-refractivity contribution in [1.82, 2.24) is 10.6 Å². The molecule has 2 aromatic rings. The van der Waals surface area contributed by atoms with Crippen LogP contribution in [0.3, 0.4) is 0 Å². The van der Waals surface area contributed by atoms with Gasteiger partial charge < -0.3 is 29.6 Å². The first-order chi connectivity index (χ1) is 14.6. The summed E-state index contributed by atoms with van der Waals surface area (Å²) in [4.78, 5) is 4.60. The number of rotatable bonds is 10. The summed E-state index contributed by atoms with van der Waals surface area (Å²) in [6.07, 6.45) is 0. The van der Waals surface area contributed by atoms with Crippen LogP contribution in [0.5, 0.6) is 23.0 Å². The van der Waals surface area contributed by atoms with Crippen molar-refractivity contribution in [1.29, 1.82) is 0 Å². The summed E-state index contributed by atoms with van der Waals surface area (Å²) in [6.45, 7) is 5.73. The van der Waals surface area contributed by atoms with E-state index in [0.29, 0.717) is 49.4 Å². The summed E-state index contributed by atoms with van der Waals surface area (Å²) in [6, 6.07) is 8.63. The van der Waals surface area contributed by atoms with Crippen LogP contribution in [-0.2, 0) is 13.1 Å². The van der Waals surface area contributed by atoms with Gasteiger partial charge in [0.15, 0.2) is 29.0 Å². The fraction of sp³-hybridized carbons (Fsp3) is 0.409. The van der Waals surface area contributed by atoms with E-state index in [4.69, 9.17) is 18.9 Å². The number of ether oxygens (including phenoxy) is 4. The van der Waals surface area contributed by atoms with Crippen molar-refractivity contribution >= 4 is 5.96 Å². The lowest BCUT2D eigenvalue weighted by Gasteiger charge is -2.14. The number of guanidine groups is 1. The van der Waals surface area contributed by atoms with E-state index >= 15 is 0 Å². The van der Waals surface area contributed by atoms with E-state index in [9.17, 15) is 4.39 Å². The Hall–Kier alpha value is -3.16. The van der Waals surface area contributed by atoms with Crippen molar-refractivity contribution < 1.29 is 23.3 Å². The molecule has 164 valence electrons. The molecule has 2 aromatic carbocycles. The van der Waals surface area contributed by atoms with Crippen LogP contribution < -0.4 is 29.6 Å². The van der Waals surface area contributed by atoms with Crippen LogP contribution in [0.1, 0.15) is 25.0 Å². The molecule has 0 aliphatic rings. The summed E-state index contributed by atoms with van der Waals surface area (Å²) in [5.74, 6) is 2.17. The Kier molecular flexibility index (Phi) is 9.05. The van der Waals surface area contributed by atoms with E-state index in [-0.39, 0.29) is 11.6 Å². The zero-order valence-electron chi connectivity index (χ0n) is 18.2. The molecule has 0 aliphatic carbocycles. The largest absolute Gasteiger partial charge is 0.493 e. The average Bonchev–Trinajstić information content (AvgIpc) is 2.76. The van der Waals surface area contributed by atoms with Gasteiger partial charge in [0.2, 0.25) is 5.75 Å². The molecule has 0 saturated carbocycles. The molecule has 0 saturated heterocycles. The Morgan fingerprint density at radius 3 is 2.13 bits per heavy atom. The minimum Gasteiger partial charge on any atom is -0.493 e. The summed E-state index contributed by atoms with van der Waals surface area (Å²) in [5.41, 5.74) is 1.68. The number of aliphatic imine (C=N–C) groups is 1. The third-order valence-electron chi connectivity index (χ3n) is 4.24. The van der Waals surface area contributed by atoms with Gasteiger partial charge in [0.25, 0.3) is 0 Å². The van der Waals surface area contributed by atoms with Crippen molar-refractivity contribution in [3.8, 4) is 23.0 Å². The zero-order valence-corrected chi connectivity index (χ0v) is 18.2. The van der Waals surface area contributed by atoms with Crippen LogP contribution in [0, 0.1) is 5.82 Å². The predicted molar refractivity (Wildman–Crippen MR) is 115 cm³/mol. The molecule has 7 nitrogen and oxygen atoms in total. The second-order valence-electron chi connectivity index (χ2n) is 6.28. The molecular formula is C22H30FN3O4. The highest BCUT2D eigenvalue weighted by Crippen LogP contribution is 2.38. The number of hydrogen-bond acceptors (Lipinski definition) is 5. The topological polar surface area (TPSA) is 73.3 Å². The predicted octanol–water partition coefficient (Wildman–Crippen LogP) is 3.51. The van der Waals surface area contributed by atoms with E-state index in [0.717, 1.165) is 11.1 Å². The molecule has 2 rings (SSSR count). The highest BCUT2D eigenvalue weighted by Gasteiger charge is 2.13. The third kappa shape index (κ3) is 6.17. The Bertz CT molecular complexity index is 833. The van der Waals surface area contributed by atoms with Gasteiger partial charge in [-0.2, -0.15) is 0 Å². The van der Waals surface area contributed by atoms with Crippen molar-refractivity contribution in [3.63, 3.8) is 0 Å². The van der Waals surface area contributed by atoms with Gasteiger partial charge in [0, 0.05) is 13.1 Å². The summed E-state index contributed by atoms with van der Waals surface area (Å²) in [5, 5.41) is 6.39. The first-order valence-electron chi connectivity index (χ1n) is 9.78. The number of hydrogen-bond donors (Lipinski definition) is 2. The highest BCUT2D eigenvalue weighted by atomic mass is 19.1. The second-order valence-corrected chi connectivity index (χ2v) is 6.28. The number of nitrogens with one attached hydrogen (secondary N) is 2. The molecule has 0 aromatic heterocycles. The SMILES string of the molecule is CCNC(=NCc1cc(OC)c(OC)c(OC)c1)NCc1ccc(OCC)c(F)c1. The van der Waals surface area contributed by atoms with Gasteiger partial charge in [0.1, 0.15) is 0 Å². The first kappa shape index (κ1) is 23.1. The van der Waals surface area contributed by atoms with Crippen molar-refractivity contribution in [2.45, 2.75) is 26.9 Å². The Morgan fingerprint density at radius 1 is 0.900 bits per heavy atom. The van der Waals surface area contributed by atoms with E-state index in [1.54, 1.807) is 27.4 Å². The smallest absolute Gasteiger partial charge is 0.203 e. The molecule has 30 heavy (non-hydrogen) atoms. The van der Waals surface area contributed by atoms with Gasteiger partial charge in [-0.1, -0.05) is 6.07 Å². The highest BCUT2D eigenvalue weighted by molar-refractivity contribution is 5.79. The van der Waals surface area contributed by atoms with E-state index in [1.807, 2.05) is 32.0 Å². The maximum absolute atomic E-state index is 14.1. The lowest BCUT2D eigenvalue weighted by Crippen LogP contribution is -2.36. The minimum absolute atomic E-state index is 0.254. The lowest BCUT2D eigenvalue weighted by molar-refractivity contribution is 0.321. The quantitative estimate of drug-likeness (QED) is 0.454. The van der Waals surface area contributed by atoms with Gasteiger partial charge in [-0.3, -0.25) is 0 Å². The van der Waals surface area contributed by atoms with Crippen LogP contribution in [0.2, 0.25) is 0 Å². The molecule has 0 bridgehead atoms. The van der Waals surface area contributed by atoms with Crippen molar-refractivity contribution in [2.24, 2.45) is 4.99 Å². The molecule has 2 N–H and O–H groups in total. The monoisotopic (exact) mass is 419 g/mol. The van der Waals surface area contributed by atoms with Crippen molar-refractivity contribution in [3.05, 3.63) is 47.3 Å². The Balaban J connectivity index is 2.12. The summed E-state index contributed by atoms with van der Waals surface area (Å²) >= 11 is 0. The number of halogens is 1. The number of benzene rings is 2. The zero-order chi connectivity index (χ0) is 21.9. The molecule has 0 heterocycles. The van der Waals surface area contributed by atoms with Crippen LogP contribution in [0.15, 0.2) is 35.3 Å². The lowest BCUT2D eigenvalue weighted by atomic mass is 10.2. The van der Waals surface area contributed by atoms with Crippen LogP contribution in [0.4, 0.5) is 4.39 Å².